The van der Waals surface area contributed by atoms with E-state index in [2.05, 4.69) is 5.32 Å². The third-order valence-electron chi connectivity index (χ3n) is 6.06. The number of anilines is 2. The van der Waals surface area contributed by atoms with Crippen molar-refractivity contribution in [3.05, 3.63) is 94.2 Å². The van der Waals surface area contributed by atoms with Crippen LogP contribution in [0.3, 0.4) is 0 Å². The molecule has 0 aromatic heterocycles. The zero-order valence-corrected chi connectivity index (χ0v) is 18.9. The van der Waals surface area contributed by atoms with Crippen molar-refractivity contribution in [2.45, 2.75) is 27.7 Å². The van der Waals surface area contributed by atoms with Crippen molar-refractivity contribution < 1.29 is 14.3 Å². The van der Waals surface area contributed by atoms with E-state index in [1.54, 1.807) is 31.4 Å². The SMILES string of the molecule is COc1cccc(N2C(=O)C(Nc3cccc(C)c3C)=C(c3ccc(C)c(C)c3)C2=O)c1. The first-order chi connectivity index (χ1) is 15.3. The molecule has 162 valence electrons. The second-order valence-corrected chi connectivity index (χ2v) is 8.07. The van der Waals surface area contributed by atoms with E-state index in [1.165, 1.54) is 4.90 Å². The lowest BCUT2D eigenvalue weighted by Gasteiger charge is -2.16. The molecule has 1 aliphatic rings. The van der Waals surface area contributed by atoms with Crippen molar-refractivity contribution >= 4 is 28.8 Å². The number of benzene rings is 3. The monoisotopic (exact) mass is 426 g/mol. The average Bonchev–Trinajstić information content (AvgIpc) is 3.02. The van der Waals surface area contributed by atoms with Gasteiger partial charge in [0.15, 0.2) is 0 Å². The standard InChI is InChI=1S/C27H26N2O3/c1-16-12-13-20(14-18(16)3)24-25(28-23-11-6-8-17(2)19(23)4)27(31)29(26(24)30)21-9-7-10-22(15-21)32-5/h6-15,28H,1-5H3. The van der Waals surface area contributed by atoms with Gasteiger partial charge in [-0.2, -0.15) is 0 Å². The highest BCUT2D eigenvalue weighted by Crippen LogP contribution is 2.36. The minimum atomic E-state index is -0.391. The number of rotatable bonds is 5. The summed E-state index contributed by atoms with van der Waals surface area (Å²) in [6, 6.07) is 18.6. The molecule has 3 aromatic rings. The van der Waals surface area contributed by atoms with Crippen LogP contribution < -0.4 is 15.0 Å². The largest absolute Gasteiger partial charge is 0.497 e. The molecule has 5 heteroatoms. The molecule has 1 N–H and O–H groups in total. The molecule has 5 nitrogen and oxygen atoms in total. The van der Waals surface area contributed by atoms with Crippen LogP contribution in [-0.4, -0.2) is 18.9 Å². The summed E-state index contributed by atoms with van der Waals surface area (Å²) in [7, 11) is 1.55. The Morgan fingerprint density at radius 2 is 1.53 bits per heavy atom. The Hall–Kier alpha value is -3.86. The van der Waals surface area contributed by atoms with Gasteiger partial charge in [0.2, 0.25) is 0 Å². The van der Waals surface area contributed by atoms with Crippen LogP contribution in [0.2, 0.25) is 0 Å². The molecule has 1 heterocycles. The highest BCUT2D eigenvalue weighted by Gasteiger charge is 2.40. The number of methoxy groups -OCH3 is 1. The van der Waals surface area contributed by atoms with Gasteiger partial charge in [-0.05, 0) is 73.7 Å². The molecule has 0 saturated heterocycles. The van der Waals surface area contributed by atoms with Crippen LogP contribution in [-0.2, 0) is 9.59 Å². The Bertz CT molecular complexity index is 1270. The van der Waals surface area contributed by atoms with Crippen LogP contribution in [0.4, 0.5) is 11.4 Å². The Labute approximate surface area is 188 Å². The highest BCUT2D eigenvalue weighted by atomic mass is 16.5. The minimum Gasteiger partial charge on any atom is -0.497 e. The summed E-state index contributed by atoms with van der Waals surface area (Å²) in [4.78, 5) is 28.4. The predicted octanol–water partition coefficient (Wildman–Crippen LogP) is 5.33. The van der Waals surface area contributed by atoms with E-state index in [0.717, 1.165) is 27.9 Å². The summed E-state index contributed by atoms with van der Waals surface area (Å²) in [6.07, 6.45) is 0. The minimum absolute atomic E-state index is 0.273. The highest BCUT2D eigenvalue weighted by molar-refractivity contribution is 6.46. The molecule has 2 amide bonds. The van der Waals surface area contributed by atoms with E-state index in [1.807, 2.05) is 64.1 Å². The molecule has 32 heavy (non-hydrogen) atoms. The smallest absolute Gasteiger partial charge is 0.282 e. The van der Waals surface area contributed by atoms with Crippen LogP contribution >= 0.6 is 0 Å². The fourth-order valence-corrected chi connectivity index (χ4v) is 3.82. The number of hydrogen-bond acceptors (Lipinski definition) is 4. The van der Waals surface area contributed by atoms with E-state index in [-0.39, 0.29) is 11.6 Å². The molecule has 0 atom stereocenters. The maximum Gasteiger partial charge on any atom is 0.282 e. The predicted molar refractivity (Wildman–Crippen MR) is 128 cm³/mol. The van der Waals surface area contributed by atoms with Gasteiger partial charge in [0.05, 0.1) is 18.4 Å². The van der Waals surface area contributed by atoms with E-state index >= 15 is 0 Å². The molecule has 0 radical (unpaired) electrons. The first-order valence-corrected chi connectivity index (χ1v) is 10.5. The van der Waals surface area contributed by atoms with Crippen molar-refractivity contribution in [2.75, 3.05) is 17.3 Å². The first-order valence-electron chi connectivity index (χ1n) is 10.5. The molecular formula is C27H26N2O3. The van der Waals surface area contributed by atoms with E-state index in [0.29, 0.717) is 22.6 Å². The number of ether oxygens (including phenoxy) is 1. The van der Waals surface area contributed by atoms with Crippen molar-refractivity contribution in [2.24, 2.45) is 0 Å². The normalized spacial score (nSPS) is 13.7. The van der Waals surface area contributed by atoms with Gasteiger partial charge in [0.25, 0.3) is 11.8 Å². The summed E-state index contributed by atoms with van der Waals surface area (Å²) in [6.45, 7) is 8.03. The maximum atomic E-state index is 13.6. The Morgan fingerprint density at radius 1 is 0.781 bits per heavy atom. The van der Waals surface area contributed by atoms with Crippen molar-refractivity contribution in [1.82, 2.24) is 0 Å². The van der Waals surface area contributed by atoms with Crippen molar-refractivity contribution in [1.29, 1.82) is 0 Å². The summed E-state index contributed by atoms with van der Waals surface area (Å²) in [5.74, 6) is -0.177. The summed E-state index contributed by atoms with van der Waals surface area (Å²) >= 11 is 0. The lowest BCUT2D eigenvalue weighted by atomic mass is 9.99. The average molecular weight is 427 g/mol. The summed E-state index contributed by atoms with van der Waals surface area (Å²) in [5, 5.41) is 3.28. The number of carbonyl (C=O) groups is 2. The summed E-state index contributed by atoms with van der Waals surface area (Å²) in [5.41, 5.74) is 6.93. The molecule has 0 bridgehead atoms. The molecule has 0 saturated carbocycles. The number of aryl methyl sites for hydroxylation is 3. The number of imide groups is 1. The number of amides is 2. The lowest BCUT2D eigenvalue weighted by Crippen LogP contribution is -2.32. The van der Waals surface area contributed by atoms with Gasteiger partial charge in [-0.15, -0.1) is 0 Å². The van der Waals surface area contributed by atoms with Gasteiger partial charge in [-0.3, -0.25) is 9.59 Å². The third-order valence-corrected chi connectivity index (χ3v) is 6.06. The molecule has 3 aromatic carbocycles. The number of carbonyl (C=O) groups excluding carboxylic acids is 2. The fourth-order valence-electron chi connectivity index (χ4n) is 3.82. The Kier molecular flexibility index (Phi) is 5.57. The molecule has 1 aliphatic heterocycles. The van der Waals surface area contributed by atoms with Crippen LogP contribution in [0.25, 0.3) is 5.57 Å². The van der Waals surface area contributed by atoms with E-state index in [4.69, 9.17) is 4.74 Å². The number of nitrogens with zero attached hydrogens (tertiary/aromatic N) is 1. The van der Waals surface area contributed by atoms with Crippen LogP contribution in [0, 0.1) is 27.7 Å². The Morgan fingerprint density at radius 3 is 2.25 bits per heavy atom. The number of nitrogens with one attached hydrogen (secondary N) is 1. The van der Waals surface area contributed by atoms with Crippen LogP contribution in [0.1, 0.15) is 27.8 Å². The lowest BCUT2D eigenvalue weighted by molar-refractivity contribution is -0.120. The van der Waals surface area contributed by atoms with Crippen LogP contribution in [0.5, 0.6) is 5.75 Å². The van der Waals surface area contributed by atoms with E-state index < -0.39 is 5.91 Å². The van der Waals surface area contributed by atoms with Gasteiger partial charge in [-0.1, -0.05) is 36.4 Å². The third kappa shape index (κ3) is 3.66. The maximum absolute atomic E-state index is 13.6. The second kappa shape index (κ2) is 8.35. The van der Waals surface area contributed by atoms with Gasteiger partial charge in [0, 0.05) is 11.8 Å². The fraction of sp³-hybridized carbons (Fsp3) is 0.185. The van der Waals surface area contributed by atoms with Gasteiger partial charge in [0.1, 0.15) is 11.4 Å². The van der Waals surface area contributed by atoms with Gasteiger partial charge >= 0.3 is 0 Å². The molecule has 0 spiro atoms. The topological polar surface area (TPSA) is 58.6 Å². The second-order valence-electron chi connectivity index (χ2n) is 8.07. The molecule has 0 aliphatic carbocycles. The quantitative estimate of drug-likeness (QED) is 0.561. The zero-order valence-electron chi connectivity index (χ0n) is 18.9. The van der Waals surface area contributed by atoms with Crippen molar-refractivity contribution in [3.63, 3.8) is 0 Å². The summed E-state index contributed by atoms with van der Waals surface area (Å²) < 4.78 is 5.30. The number of hydrogen-bond donors (Lipinski definition) is 1. The zero-order chi connectivity index (χ0) is 23.0. The molecule has 4 rings (SSSR count). The van der Waals surface area contributed by atoms with Crippen LogP contribution in [0.15, 0.2) is 66.4 Å². The van der Waals surface area contributed by atoms with Crippen molar-refractivity contribution in [3.8, 4) is 5.75 Å². The van der Waals surface area contributed by atoms with Gasteiger partial charge in [-0.25, -0.2) is 4.90 Å². The first kappa shape index (κ1) is 21.4. The van der Waals surface area contributed by atoms with Gasteiger partial charge < -0.3 is 10.1 Å². The van der Waals surface area contributed by atoms with E-state index in [9.17, 15) is 9.59 Å². The molecular weight excluding hydrogens is 400 g/mol. The Balaban J connectivity index is 1.87. The molecule has 0 unspecified atom stereocenters. The molecule has 0 fully saturated rings.